The van der Waals surface area contributed by atoms with Crippen molar-refractivity contribution in [1.29, 1.82) is 0 Å². The van der Waals surface area contributed by atoms with Gasteiger partial charge in [0.1, 0.15) is 11.3 Å². The van der Waals surface area contributed by atoms with Crippen molar-refractivity contribution in [3.05, 3.63) is 84.2 Å². The molecular weight excluding hydrogens is 470 g/mol. The van der Waals surface area contributed by atoms with Crippen LogP contribution in [0.15, 0.2) is 73.1 Å². The molecule has 0 saturated carbocycles. The van der Waals surface area contributed by atoms with Gasteiger partial charge in [-0.25, -0.2) is 8.42 Å². The molecule has 0 aliphatic heterocycles. The summed E-state index contributed by atoms with van der Waals surface area (Å²) in [6, 6.07) is 15.4. The van der Waals surface area contributed by atoms with Gasteiger partial charge in [-0.1, -0.05) is 30.3 Å². The van der Waals surface area contributed by atoms with Crippen LogP contribution in [0.3, 0.4) is 0 Å². The minimum Gasteiger partial charge on any atom is -0.468 e. The number of sulfone groups is 1. The Balaban J connectivity index is 2.03. The first-order chi connectivity index (χ1) is 16.6. The van der Waals surface area contributed by atoms with E-state index in [2.05, 4.69) is 15.0 Å². The Morgan fingerprint density at radius 1 is 1.06 bits per heavy atom. The Morgan fingerprint density at radius 2 is 1.77 bits per heavy atom. The van der Waals surface area contributed by atoms with Crippen molar-refractivity contribution in [2.75, 3.05) is 18.7 Å². The van der Waals surface area contributed by atoms with Gasteiger partial charge in [-0.2, -0.15) is 0 Å². The Bertz CT molecular complexity index is 1330. The molecule has 3 rings (SSSR count). The lowest BCUT2D eigenvalue weighted by atomic mass is 9.93. The van der Waals surface area contributed by atoms with Gasteiger partial charge < -0.3 is 15.8 Å². The highest BCUT2D eigenvalue weighted by molar-refractivity contribution is 7.92. The highest BCUT2D eigenvalue weighted by atomic mass is 32.2. The first-order valence-electron chi connectivity index (χ1n) is 10.6. The zero-order chi connectivity index (χ0) is 25.6. The number of nitrogens with one attached hydrogen (secondary N) is 1. The van der Waals surface area contributed by atoms with Gasteiger partial charge in [0.05, 0.1) is 12.7 Å². The number of Topliss-reactive ketones (excluding diaryl/α,β-unsaturated/α-hetero) is 1. The number of methoxy groups -OCH3 is 1. The molecule has 1 amide bonds. The van der Waals surface area contributed by atoms with Crippen LogP contribution >= 0.6 is 0 Å². The maximum atomic E-state index is 13.5. The number of hydrogen-bond donors (Lipinski definition) is 2. The number of amides is 1. The van der Waals surface area contributed by atoms with Crippen LogP contribution in [-0.4, -0.2) is 55.7 Å². The van der Waals surface area contributed by atoms with Crippen molar-refractivity contribution in [2.45, 2.75) is 17.7 Å². The van der Waals surface area contributed by atoms with Crippen LogP contribution in [0.4, 0.5) is 5.69 Å². The smallest absolute Gasteiger partial charge is 0.322 e. The number of nitrogens with zero attached hydrogens (tertiary/aromatic N) is 1. The second-order valence-corrected chi connectivity index (χ2v) is 10.1. The average Bonchev–Trinajstić information content (AvgIpc) is 2.86. The highest BCUT2D eigenvalue weighted by Gasteiger charge is 2.35. The van der Waals surface area contributed by atoms with Gasteiger partial charge in [-0.15, -0.1) is 0 Å². The van der Waals surface area contributed by atoms with E-state index in [9.17, 15) is 22.8 Å². The molecule has 0 aliphatic carbocycles. The third-order valence-corrected chi connectivity index (χ3v) is 6.77. The first kappa shape index (κ1) is 25.7. The number of carbonyl (C=O) groups excluding carboxylic acids is 3. The molecule has 1 aromatic heterocycles. The van der Waals surface area contributed by atoms with Gasteiger partial charge in [0, 0.05) is 29.9 Å². The van der Waals surface area contributed by atoms with Crippen molar-refractivity contribution >= 4 is 33.2 Å². The van der Waals surface area contributed by atoms with E-state index in [1.54, 1.807) is 54.7 Å². The Kier molecular flexibility index (Phi) is 8.10. The quantitative estimate of drug-likeness (QED) is 0.340. The zero-order valence-electron chi connectivity index (χ0n) is 19.2. The summed E-state index contributed by atoms with van der Waals surface area (Å²) in [7, 11) is -2.80. The molecule has 3 aromatic rings. The van der Waals surface area contributed by atoms with Crippen molar-refractivity contribution in [3.63, 3.8) is 0 Å². The van der Waals surface area contributed by atoms with E-state index >= 15 is 0 Å². The maximum Gasteiger partial charge on any atom is 0.322 e. The molecule has 35 heavy (non-hydrogen) atoms. The van der Waals surface area contributed by atoms with Crippen molar-refractivity contribution in [1.82, 2.24) is 4.98 Å². The van der Waals surface area contributed by atoms with E-state index in [0.717, 1.165) is 13.4 Å². The lowest BCUT2D eigenvalue weighted by Crippen LogP contribution is -2.41. The van der Waals surface area contributed by atoms with Crippen LogP contribution in [0.5, 0.6) is 0 Å². The van der Waals surface area contributed by atoms with E-state index in [-0.39, 0.29) is 5.56 Å². The number of ether oxygens (including phenoxy) is 1. The molecule has 2 aromatic carbocycles. The minimum atomic E-state index is -3.93. The number of pyridine rings is 1. The number of rotatable bonds is 9. The Labute approximate surface area is 203 Å². The summed E-state index contributed by atoms with van der Waals surface area (Å²) < 4.78 is 29.6. The van der Waals surface area contributed by atoms with Crippen molar-refractivity contribution in [2.24, 2.45) is 5.73 Å². The fourth-order valence-electron chi connectivity index (χ4n) is 3.52. The number of anilines is 1. The molecule has 0 spiro atoms. The number of carbonyl (C=O) groups is 3. The van der Waals surface area contributed by atoms with Gasteiger partial charge in [-0.3, -0.25) is 19.4 Å². The first-order valence-corrected chi connectivity index (χ1v) is 12.5. The number of esters is 1. The third kappa shape index (κ3) is 6.37. The summed E-state index contributed by atoms with van der Waals surface area (Å²) >= 11 is 0. The number of nitrogens with two attached hydrogens (primary N) is 1. The van der Waals surface area contributed by atoms with Gasteiger partial charge in [-0.05, 0) is 47.9 Å². The lowest BCUT2D eigenvalue weighted by molar-refractivity contribution is -0.142. The van der Waals surface area contributed by atoms with Crippen LogP contribution in [0, 0.1) is 0 Å². The van der Waals surface area contributed by atoms with E-state index in [1.165, 1.54) is 18.3 Å². The number of aromatic nitrogens is 1. The van der Waals surface area contributed by atoms with Crippen LogP contribution in [0.25, 0.3) is 11.1 Å². The van der Waals surface area contributed by atoms with Crippen molar-refractivity contribution < 1.29 is 27.5 Å². The molecule has 1 heterocycles. The van der Waals surface area contributed by atoms with Crippen LogP contribution < -0.4 is 11.1 Å². The number of benzene rings is 2. The minimum absolute atomic E-state index is 0.114. The van der Waals surface area contributed by atoms with Crippen LogP contribution in [0.1, 0.15) is 27.1 Å². The summed E-state index contributed by atoms with van der Waals surface area (Å²) in [5.41, 5.74) is 7.70. The van der Waals surface area contributed by atoms with Gasteiger partial charge in [0.25, 0.3) is 5.91 Å². The molecule has 0 fully saturated rings. The topological polar surface area (TPSA) is 146 Å². The number of hydrogen-bond acceptors (Lipinski definition) is 8. The second kappa shape index (κ2) is 11.0. The van der Waals surface area contributed by atoms with E-state index in [1.807, 2.05) is 0 Å². The largest absolute Gasteiger partial charge is 0.468 e. The molecule has 3 N–H and O–H groups in total. The fraction of sp³-hybridized carbons (Fsp3) is 0.200. The second-order valence-electron chi connectivity index (χ2n) is 7.87. The normalized spacial score (nSPS) is 12.9. The maximum absolute atomic E-state index is 13.5. The standard InChI is InChI=1S/C25H25N3O6S/c1-34-25(31)21(26)14-22(35(2,32)33)23(29)19-11-10-18(13-20(19)16-7-4-3-5-8-16)28-24(30)17-9-6-12-27-15-17/h3-13,15,21-22H,14,26H2,1-2H3,(H,28,30). The third-order valence-electron chi connectivity index (χ3n) is 5.33. The van der Waals surface area contributed by atoms with Gasteiger partial charge in [0.15, 0.2) is 15.6 Å². The molecule has 0 bridgehead atoms. The zero-order valence-corrected chi connectivity index (χ0v) is 20.0. The molecule has 0 aliphatic rings. The molecule has 9 nitrogen and oxygen atoms in total. The highest BCUT2D eigenvalue weighted by Crippen LogP contribution is 2.30. The SMILES string of the molecule is COC(=O)C(N)CC(C(=O)c1ccc(NC(=O)c2cccnc2)cc1-c1ccccc1)S(C)(=O)=O. The molecule has 182 valence electrons. The van der Waals surface area contributed by atoms with Crippen molar-refractivity contribution in [3.8, 4) is 11.1 Å². The fourth-order valence-corrected chi connectivity index (χ4v) is 4.59. The predicted molar refractivity (Wildman–Crippen MR) is 132 cm³/mol. The van der Waals surface area contributed by atoms with E-state index in [4.69, 9.17) is 5.73 Å². The summed E-state index contributed by atoms with van der Waals surface area (Å²) in [6.07, 6.45) is 3.46. The predicted octanol–water partition coefficient (Wildman–Crippen LogP) is 2.49. The van der Waals surface area contributed by atoms with Crippen LogP contribution in [0.2, 0.25) is 0 Å². The van der Waals surface area contributed by atoms with E-state index in [0.29, 0.717) is 22.4 Å². The molecular formula is C25H25N3O6S. The summed E-state index contributed by atoms with van der Waals surface area (Å²) in [5, 5.41) is 1.20. The van der Waals surface area contributed by atoms with Crippen LogP contribution in [-0.2, 0) is 19.4 Å². The molecule has 0 saturated heterocycles. The van der Waals surface area contributed by atoms with Gasteiger partial charge >= 0.3 is 5.97 Å². The Morgan fingerprint density at radius 3 is 2.37 bits per heavy atom. The lowest BCUT2D eigenvalue weighted by Gasteiger charge is -2.20. The summed E-state index contributed by atoms with van der Waals surface area (Å²) in [4.78, 5) is 41.8. The van der Waals surface area contributed by atoms with E-state index < -0.39 is 45.2 Å². The Hall–Kier alpha value is -3.89. The van der Waals surface area contributed by atoms with Gasteiger partial charge in [0.2, 0.25) is 0 Å². The molecule has 0 radical (unpaired) electrons. The summed E-state index contributed by atoms with van der Waals surface area (Å²) in [5.74, 6) is -1.92. The molecule has 2 atom stereocenters. The number of ketones is 1. The summed E-state index contributed by atoms with van der Waals surface area (Å²) in [6.45, 7) is 0. The molecule has 10 heteroatoms. The average molecular weight is 496 g/mol. The molecule has 2 unspecified atom stereocenters. The monoisotopic (exact) mass is 495 g/mol.